The van der Waals surface area contributed by atoms with Gasteiger partial charge in [-0.15, -0.1) is 12.4 Å². The van der Waals surface area contributed by atoms with E-state index in [0.717, 1.165) is 0 Å². The van der Waals surface area contributed by atoms with Crippen molar-refractivity contribution in [3.05, 3.63) is 11.7 Å². The monoisotopic (exact) mass is 399 g/mol. The number of hydrogen-bond donors (Lipinski definition) is 2. The molecule has 11 heteroatoms. The summed E-state index contributed by atoms with van der Waals surface area (Å²) in [4.78, 5) is 17.4. The number of aromatic nitrogens is 2. The van der Waals surface area contributed by atoms with E-state index < -0.39 is 24.7 Å². The van der Waals surface area contributed by atoms with Crippen molar-refractivity contribution in [1.29, 1.82) is 0 Å². The minimum atomic E-state index is -4.39. The number of alkyl halides is 3. The zero-order valence-electron chi connectivity index (χ0n) is 14.8. The van der Waals surface area contributed by atoms with Gasteiger partial charge in [0.15, 0.2) is 5.82 Å². The normalized spacial score (nSPS) is 17.0. The minimum Gasteiger partial charge on any atom is -0.354 e. The van der Waals surface area contributed by atoms with Gasteiger partial charge in [0.25, 0.3) is 0 Å². The highest BCUT2D eigenvalue weighted by Gasteiger charge is 2.43. The molecule has 0 radical (unpaired) electrons. The number of nitrogens with one attached hydrogen (secondary N) is 2. The summed E-state index contributed by atoms with van der Waals surface area (Å²) in [5.74, 6) is 0.506. The molecule has 0 aliphatic carbocycles. The maximum absolute atomic E-state index is 13.2. The summed E-state index contributed by atoms with van der Waals surface area (Å²) in [6.07, 6.45) is -4.18. The van der Waals surface area contributed by atoms with Gasteiger partial charge in [-0.05, 0) is 0 Å². The van der Waals surface area contributed by atoms with E-state index in [4.69, 9.17) is 4.52 Å². The molecule has 1 aromatic heterocycles. The van der Waals surface area contributed by atoms with Gasteiger partial charge in [0.05, 0.1) is 0 Å². The first-order chi connectivity index (χ1) is 11.8. The molecule has 0 aromatic carbocycles. The Bertz CT molecular complexity index is 562. The Morgan fingerprint density at radius 1 is 1.35 bits per heavy atom. The summed E-state index contributed by atoms with van der Waals surface area (Å²) in [5.41, 5.74) is 0. The first-order valence-corrected chi connectivity index (χ1v) is 8.38. The lowest BCUT2D eigenvalue weighted by atomic mass is 10.2. The van der Waals surface area contributed by atoms with Gasteiger partial charge < -0.3 is 15.2 Å². The second-order valence-electron chi connectivity index (χ2n) is 6.35. The molecule has 2 rings (SSSR count). The Labute approximate surface area is 156 Å². The van der Waals surface area contributed by atoms with E-state index in [9.17, 15) is 18.0 Å². The van der Waals surface area contributed by atoms with Gasteiger partial charge in [0.2, 0.25) is 11.8 Å². The third kappa shape index (κ3) is 6.73. The molecule has 1 fully saturated rings. The number of carbonyl (C=O) groups excluding carboxylic acids is 1. The Balaban J connectivity index is 0.00000338. The summed E-state index contributed by atoms with van der Waals surface area (Å²) in [7, 11) is 0. The van der Waals surface area contributed by atoms with Crippen molar-refractivity contribution in [3.63, 3.8) is 0 Å². The predicted molar refractivity (Wildman–Crippen MR) is 91.3 cm³/mol. The molecule has 0 saturated carbocycles. The van der Waals surface area contributed by atoms with Gasteiger partial charge in [-0.1, -0.05) is 19.0 Å². The summed E-state index contributed by atoms with van der Waals surface area (Å²) >= 11 is 0. The Hall–Kier alpha value is -1.39. The molecule has 150 valence electrons. The van der Waals surface area contributed by atoms with E-state index in [1.54, 1.807) is 0 Å². The smallest absolute Gasteiger partial charge is 0.354 e. The molecule has 1 aromatic rings. The number of amides is 1. The average Bonchev–Trinajstić information content (AvgIpc) is 3.02. The highest BCUT2D eigenvalue weighted by molar-refractivity contribution is 5.85. The van der Waals surface area contributed by atoms with Crippen LogP contribution in [0.3, 0.4) is 0 Å². The van der Waals surface area contributed by atoms with Crippen LogP contribution in [0, 0.1) is 0 Å². The molecule has 7 nitrogen and oxygen atoms in total. The molecule has 1 aliphatic heterocycles. The number of nitrogens with zero attached hydrogens (tertiary/aromatic N) is 3. The van der Waals surface area contributed by atoms with Crippen LogP contribution < -0.4 is 10.6 Å². The third-order valence-electron chi connectivity index (χ3n) is 4.03. The lowest BCUT2D eigenvalue weighted by molar-refractivity contribution is -0.184. The standard InChI is InChI=1S/C15H24F3N5O2.ClH/c1-10(2)14-21-13(25-22-14)4-3-12(24)20-9-11(15(16,17)18)23-7-5-19-6-8-23;/h10-11,19H,3-9H2,1-2H3,(H,20,24);1H. The van der Waals surface area contributed by atoms with Crippen LogP contribution in [-0.2, 0) is 11.2 Å². The number of aryl methyl sites for hydroxylation is 1. The van der Waals surface area contributed by atoms with Crippen molar-refractivity contribution in [2.45, 2.75) is 44.8 Å². The zero-order valence-corrected chi connectivity index (χ0v) is 15.6. The van der Waals surface area contributed by atoms with Gasteiger partial charge in [-0.3, -0.25) is 9.69 Å². The molecular weight excluding hydrogens is 375 g/mol. The van der Waals surface area contributed by atoms with Crippen LogP contribution in [0.1, 0.15) is 37.9 Å². The van der Waals surface area contributed by atoms with E-state index in [2.05, 4.69) is 20.8 Å². The molecule has 2 heterocycles. The Morgan fingerprint density at radius 3 is 2.54 bits per heavy atom. The first kappa shape index (κ1) is 22.7. The van der Waals surface area contributed by atoms with Crippen molar-refractivity contribution >= 4 is 18.3 Å². The Morgan fingerprint density at radius 2 is 2.00 bits per heavy atom. The molecule has 1 saturated heterocycles. The maximum atomic E-state index is 13.2. The van der Waals surface area contributed by atoms with Gasteiger partial charge in [0.1, 0.15) is 6.04 Å². The van der Waals surface area contributed by atoms with E-state index in [0.29, 0.717) is 37.9 Å². The largest absolute Gasteiger partial charge is 0.405 e. The minimum absolute atomic E-state index is 0. The van der Waals surface area contributed by atoms with Crippen molar-refractivity contribution in [1.82, 2.24) is 25.7 Å². The van der Waals surface area contributed by atoms with Crippen LogP contribution in [0.25, 0.3) is 0 Å². The fourth-order valence-corrected chi connectivity index (χ4v) is 2.57. The van der Waals surface area contributed by atoms with Gasteiger partial charge >= 0.3 is 6.18 Å². The maximum Gasteiger partial charge on any atom is 0.405 e. The van der Waals surface area contributed by atoms with Crippen LogP contribution in [0.5, 0.6) is 0 Å². The van der Waals surface area contributed by atoms with E-state index in [-0.39, 0.29) is 31.2 Å². The summed E-state index contributed by atoms with van der Waals surface area (Å²) in [5, 5.41) is 9.17. The fourth-order valence-electron chi connectivity index (χ4n) is 2.57. The van der Waals surface area contributed by atoms with Gasteiger partial charge in [-0.2, -0.15) is 18.2 Å². The zero-order chi connectivity index (χ0) is 18.4. The number of rotatable bonds is 7. The summed E-state index contributed by atoms with van der Waals surface area (Å²) in [6.45, 7) is 5.00. The van der Waals surface area contributed by atoms with Crippen LogP contribution in [-0.4, -0.2) is 65.9 Å². The molecule has 0 bridgehead atoms. The SMILES string of the molecule is CC(C)c1noc(CCC(=O)NCC(N2CCNCC2)C(F)(F)F)n1.Cl. The summed E-state index contributed by atoms with van der Waals surface area (Å²) < 4.78 is 44.7. The Kier molecular flexibility index (Phi) is 8.78. The number of piperazine rings is 1. The number of halogens is 4. The second kappa shape index (κ2) is 10.1. The summed E-state index contributed by atoms with van der Waals surface area (Å²) in [6, 6.07) is -1.67. The molecule has 2 N–H and O–H groups in total. The highest BCUT2D eigenvalue weighted by atomic mass is 35.5. The molecular formula is C15H25ClF3N5O2. The number of carbonyl (C=O) groups is 1. The van der Waals surface area contributed by atoms with Crippen molar-refractivity contribution < 1.29 is 22.5 Å². The lowest BCUT2D eigenvalue weighted by Crippen LogP contribution is -2.57. The molecule has 1 unspecified atom stereocenters. The topological polar surface area (TPSA) is 83.3 Å². The fraction of sp³-hybridized carbons (Fsp3) is 0.800. The van der Waals surface area contributed by atoms with Gasteiger partial charge in [0, 0.05) is 51.5 Å². The highest BCUT2D eigenvalue weighted by Crippen LogP contribution is 2.24. The van der Waals surface area contributed by atoms with Crippen molar-refractivity contribution in [2.24, 2.45) is 0 Å². The van der Waals surface area contributed by atoms with Crippen LogP contribution in [0.2, 0.25) is 0 Å². The predicted octanol–water partition coefficient (Wildman–Crippen LogP) is 1.50. The van der Waals surface area contributed by atoms with Crippen LogP contribution >= 0.6 is 12.4 Å². The van der Waals surface area contributed by atoms with Gasteiger partial charge in [-0.25, -0.2) is 0 Å². The third-order valence-corrected chi connectivity index (χ3v) is 4.03. The van der Waals surface area contributed by atoms with E-state index >= 15 is 0 Å². The molecule has 26 heavy (non-hydrogen) atoms. The lowest BCUT2D eigenvalue weighted by Gasteiger charge is -2.35. The molecule has 1 amide bonds. The van der Waals surface area contributed by atoms with E-state index in [1.807, 2.05) is 13.8 Å². The molecule has 1 atom stereocenters. The molecule has 1 aliphatic rings. The second-order valence-corrected chi connectivity index (χ2v) is 6.35. The van der Waals surface area contributed by atoms with Crippen LogP contribution in [0.4, 0.5) is 13.2 Å². The quantitative estimate of drug-likeness (QED) is 0.723. The average molecular weight is 400 g/mol. The first-order valence-electron chi connectivity index (χ1n) is 8.38. The number of hydrogen-bond acceptors (Lipinski definition) is 6. The van der Waals surface area contributed by atoms with Crippen molar-refractivity contribution in [2.75, 3.05) is 32.7 Å². The molecule has 0 spiro atoms. The van der Waals surface area contributed by atoms with E-state index in [1.165, 1.54) is 4.90 Å². The van der Waals surface area contributed by atoms with Crippen molar-refractivity contribution in [3.8, 4) is 0 Å². The van der Waals surface area contributed by atoms with Crippen LogP contribution in [0.15, 0.2) is 4.52 Å².